The van der Waals surface area contributed by atoms with E-state index < -0.39 is 29.9 Å². The predicted octanol–water partition coefficient (Wildman–Crippen LogP) is 3.69. The van der Waals surface area contributed by atoms with Crippen LogP contribution in [0.5, 0.6) is 11.5 Å². The molecule has 0 unspecified atom stereocenters. The Morgan fingerprint density at radius 1 is 0.949 bits per heavy atom. The molecule has 0 aromatic heterocycles. The first-order valence-corrected chi connectivity index (χ1v) is 12.0. The summed E-state index contributed by atoms with van der Waals surface area (Å²) in [5, 5.41) is 14.2. The van der Waals surface area contributed by atoms with Gasteiger partial charge >= 0.3 is 12.0 Å². The lowest BCUT2D eigenvalue weighted by atomic mass is 9.97. The molecule has 0 aliphatic rings. The lowest BCUT2D eigenvalue weighted by Crippen LogP contribution is -2.42. The van der Waals surface area contributed by atoms with E-state index in [-0.39, 0.29) is 39.0 Å². The number of carbonyl (C=O) groups excluding carboxylic acids is 3. The van der Waals surface area contributed by atoms with Crippen LogP contribution in [0.4, 0.5) is 10.5 Å². The molecule has 0 saturated carbocycles. The number of primary amides is 2. The summed E-state index contributed by atoms with van der Waals surface area (Å²) in [6.45, 7) is 0. The number of methoxy groups -OCH3 is 2. The molecule has 13 heteroatoms. The Bertz CT molecular complexity index is 1420. The van der Waals surface area contributed by atoms with E-state index in [0.717, 1.165) is 0 Å². The third-order valence-electron chi connectivity index (χ3n) is 5.63. The second-order valence-corrected chi connectivity index (χ2v) is 8.97. The molecule has 0 aliphatic carbocycles. The van der Waals surface area contributed by atoms with E-state index in [4.69, 9.17) is 44.1 Å². The van der Waals surface area contributed by atoms with Crippen LogP contribution >= 0.6 is 23.2 Å². The third-order valence-corrected chi connectivity index (χ3v) is 6.23. The van der Waals surface area contributed by atoms with E-state index in [0.29, 0.717) is 22.4 Å². The highest BCUT2D eigenvalue weighted by Gasteiger charge is 2.25. The number of rotatable bonds is 10. The fraction of sp³-hybridized carbons (Fsp3) is 0.154. The summed E-state index contributed by atoms with van der Waals surface area (Å²) < 4.78 is 10.9. The molecule has 0 saturated heterocycles. The zero-order valence-corrected chi connectivity index (χ0v) is 22.2. The Labute approximate surface area is 233 Å². The number of halogens is 2. The second-order valence-electron chi connectivity index (χ2n) is 8.16. The number of carbonyl (C=O) groups is 4. The number of hydrogen-bond acceptors (Lipinski definition) is 6. The average molecular weight is 575 g/mol. The number of carboxylic acids is 1. The number of nitrogens with two attached hydrogens (primary N) is 2. The zero-order valence-electron chi connectivity index (χ0n) is 20.7. The first kappa shape index (κ1) is 29.1. The first-order valence-electron chi connectivity index (χ1n) is 11.2. The van der Waals surface area contributed by atoms with E-state index in [1.165, 1.54) is 32.4 Å². The number of ether oxygens (including phenoxy) is 2. The van der Waals surface area contributed by atoms with E-state index in [1.54, 1.807) is 30.3 Å². The van der Waals surface area contributed by atoms with Gasteiger partial charge in [-0.3, -0.25) is 9.59 Å². The van der Waals surface area contributed by atoms with Crippen LogP contribution in [0.15, 0.2) is 48.5 Å². The molecule has 11 nitrogen and oxygen atoms in total. The van der Waals surface area contributed by atoms with Crippen LogP contribution < -0.4 is 31.6 Å². The van der Waals surface area contributed by atoms with Crippen molar-refractivity contribution in [3.63, 3.8) is 0 Å². The van der Waals surface area contributed by atoms with E-state index in [9.17, 15) is 24.3 Å². The average Bonchev–Trinajstić information content (AvgIpc) is 2.86. The van der Waals surface area contributed by atoms with Crippen molar-refractivity contribution >= 4 is 52.7 Å². The maximum absolute atomic E-state index is 12.9. The molecule has 3 aromatic rings. The Hall–Kier alpha value is -4.48. The van der Waals surface area contributed by atoms with Crippen LogP contribution in [-0.4, -0.2) is 49.2 Å². The number of anilines is 1. The molecule has 7 N–H and O–H groups in total. The van der Waals surface area contributed by atoms with Gasteiger partial charge < -0.3 is 36.7 Å². The highest BCUT2D eigenvalue weighted by Crippen LogP contribution is 2.41. The standard InChI is InChI=1S/C26H24Cl2N4O7/c1-38-19-8-7-15(23(29)33)22(39-2)20(19)13-5-3-12(4-6-13)9-18(25(35)36)32-24(34)21-16(27)10-14(11-17(21)28)31-26(30)37/h3-8,10-11,18H,9H2,1-2H3,(H2,29,33)(H,32,34)(H,35,36)(H3,30,31,37)/t18-/m0/s1. The molecule has 3 rings (SSSR count). The van der Waals surface area contributed by atoms with Crippen molar-refractivity contribution in [2.45, 2.75) is 12.5 Å². The van der Waals surface area contributed by atoms with E-state index in [2.05, 4.69) is 10.6 Å². The van der Waals surface area contributed by atoms with Gasteiger partial charge in [0, 0.05) is 12.1 Å². The van der Waals surface area contributed by atoms with E-state index >= 15 is 0 Å². The van der Waals surface area contributed by atoms with Gasteiger partial charge in [-0.2, -0.15) is 0 Å². The molecule has 3 aromatic carbocycles. The monoisotopic (exact) mass is 574 g/mol. The topological polar surface area (TPSA) is 183 Å². The molecular weight excluding hydrogens is 551 g/mol. The maximum atomic E-state index is 12.9. The van der Waals surface area contributed by atoms with Crippen LogP contribution in [0, 0.1) is 0 Å². The second kappa shape index (κ2) is 12.4. The molecule has 0 aliphatic heterocycles. The largest absolute Gasteiger partial charge is 0.496 e. The minimum absolute atomic E-state index is 0.0759. The number of aliphatic carboxylic acids is 1. The third kappa shape index (κ3) is 6.70. The Morgan fingerprint density at radius 3 is 2.05 bits per heavy atom. The summed E-state index contributed by atoms with van der Waals surface area (Å²) in [4.78, 5) is 47.8. The van der Waals surface area contributed by atoms with Crippen LogP contribution in [0.1, 0.15) is 26.3 Å². The number of urea groups is 1. The summed E-state index contributed by atoms with van der Waals surface area (Å²) >= 11 is 12.3. The van der Waals surface area contributed by atoms with Gasteiger partial charge in [0.1, 0.15) is 17.5 Å². The molecule has 0 bridgehead atoms. The molecule has 0 spiro atoms. The summed E-state index contributed by atoms with van der Waals surface area (Å²) in [6.07, 6.45) is -0.0759. The molecule has 0 heterocycles. The minimum Gasteiger partial charge on any atom is -0.496 e. The van der Waals surface area contributed by atoms with Crippen molar-refractivity contribution in [1.29, 1.82) is 0 Å². The summed E-state index contributed by atoms with van der Waals surface area (Å²) in [5.41, 5.74) is 12.4. The normalized spacial score (nSPS) is 11.3. The van der Waals surface area contributed by atoms with Crippen LogP contribution in [0.3, 0.4) is 0 Å². The highest BCUT2D eigenvalue weighted by atomic mass is 35.5. The van der Waals surface area contributed by atoms with Gasteiger partial charge in [-0.05, 0) is 35.4 Å². The SMILES string of the molecule is COc1ccc(C(N)=O)c(OC)c1-c1ccc(C[C@H](NC(=O)c2c(Cl)cc(NC(N)=O)cc2Cl)C(=O)O)cc1. The highest BCUT2D eigenvalue weighted by molar-refractivity contribution is 6.40. The Balaban J connectivity index is 1.86. The lowest BCUT2D eigenvalue weighted by molar-refractivity contribution is -0.139. The van der Waals surface area contributed by atoms with Gasteiger partial charge in [0.2, 0.25) is 0 Å². The van der Waals surface area contributed by atoms with Crippen LogP contribution in [-0.2, 0) is 11.2 Å². The fourth-order valence-corrected chi connectivity index (χ4v) is 4.55. The number of nitrogens with one attached hydrogen (secondary N) is 2. The number of hydrogen-bond donors (Lipinski definition) is 5. The molecule has 1 atom stereocenters. The van der Waals surface area contributed by atoms with Gasteiger partial charge in [-0.15, -0.1) is 0 Å². The number of benzene rings is 3. The molecule has 0 fully saturated rings. The molecular formula is C26H24Cl2N4O7. The van der Waals surface area contributed by atoms with Crippen molar-refractivity contribution in [2.75, 3.05) is 19.5 Å². The van der Waals surface area contributed by atoms with Crippen LogP contribution in [0.2, 0.25) is 10.0 Å². The van der Waals surface area contributed by atoms with Crippen molar-refractivity contribution < 1.29 is 33.8 Å². The molecule has 39 heavy (non-hydrogen) atoms. The summed E-state index contributed by atoms with van der Waals surface area (Å²) in [6, 6.07) is 10.1. The fourth-order valence-electron chi connectivity index (χ4n) is 3.89. The first-order chi connectivity index (χ1) is 18.5. The predicted molar refractivity (Wildman–Crippen MR) is 146 cm³/mol. The number of carboxylic acid groups (broad SMARTS) is 1. The minimum atomic E-state index is -1.33. The lowest BCUT2D eigenvalue weighted by Gasteiger charge is -2.18. The quantitative estimate of drug-likeness (QED) is 0.244. The molecule has 0 radical (unpaired) electrons. The van der Waals surface area contributed by atoms with E-state index in [1.807, 2.05) is 0 Å². The van der Waals surface area contributed by atoms with Gasteiger partial charge in [-0.25, -0.2) is 9.59 Å². The summed E-state index contributed by atoms with van der Waals surface area (Å²) in [5.74, 6) is -2.12. The smallest absolute Gasteiger partial charge is 0.326 e. The Kier molecular flexibility index (Phi) is 9.23. The maximum Gasteiger partial charge on any atom is 0.326 e. The van der Waals surface area contributed by atoms with Crippen molar-refractivity contribution in [1.82, 2.24) is 5.32 Å². The summed E-state index contributed by atoms with van der Waals surface area (Å²) in [7, 11) is 2.87. The molecule has 204 valence electrons. The van der Waals surface area contributed by atoms with Crippen molar-refractivity contribution in [3.05, 3.63) is 75.3 Å². The van der Waals surface area contributed by atoms with Gasteiger partial charge in [0.25, 0.3) is 11.8 Å². The van der Waals surface area contributed by atoms with Gasteiger partial charge in [0.05, 0.1) is 41.0 Å². The number of amides is 4. The Morgan fingerprint density at radius 2 is 1.56 bits per heavy atom. The van der Waals surface area contributed by atoms with Gasteiger partial charge in [0.15, 0.2) is 0 Å². The van der Waals surface area contributed by atoms with Crippen LogP contribution in [0.25, 0.3) is 11.1 Å². The van der Waals surface area contributed by atoms with Crippen molar-refractivity contribution in [3.8, 4) is 22.6 Å². The van der Waals surface area contributed by atoms with Gasteiger partial charge in [-0.1, -0.05) is 47.5 Å². The zero-order chi connectivity index (χ0) is 28.9. The molecule has 4 amide bonds. The van der Waals surface area contributed by atoms with Crippen molar-refractivity contribution in [2.24, 2.45) is 11.5 Å².